The lowest BCUT2D eigenvalue weighted by atomic mass is 9.85. The Bertz CT molecular complexity index is 344. The van der Waals surface area contributed by atoms with Crippen LogP contribution in [0.4, 0.5) is 0 Å². The second-order valence-corrected chi connectivity index (χ2v) is 5.26. The maximum atomic E-state index is 4.59. The highest BCUT2D eigenvalue weighted by atomic mass is 35.5. The topological polar surface area (TPSA) is 29.9 Å². The van der Waals surface area contributed by atoms with Crippen molar-refractivity contribution in [3.63, 3.8) is 0 Å². The van der Waals surface area contributed by atoms with E-state index in [2.05, 4.69) is 21.1 Å². The molecule has 0 radical (unpaired) electrons. The Labute approximate surface area is 122 Å². The van der Waals surface area contributed by atoms with Crippen molar-refractivity contribution in [2.24, 2.45) is 5.92 Å². The maximum Gasteiger partial charge on any atom is 0.111 e. The molecule has 5 heteroatoms. The van der Waals surface area contributed by atoms with Crippen LogP contribution >= 0.6 is 24.8 Å². The van der Waals surface area contributed by atoms with Gasteiger partial charge < -0.3 is 9.88 Å². The minimum Gasteiger partial charge on any atom is -0.334 e. The van der Waals surface area contributed by atoms with Gasteiger partial charge in [0, 0.05) is 24.9 Å². The van der Waals surface area contributed by atoms with Crippen LogP contribution in [0.5, 0.6) is 0 Å². The van der Waals surface area contributed by atoms with Crippen LogP contribution in [0.2, 0.25) is 0 Å². The predicted octanol–water partition coefficient (Wildman–Crippen LogP) is 2.99. The summed E-state index contributed by atoms with van der Waals surface area (Å²) in [5.41, 5.74) is 0. The summed E-state index contributed by atoms with van der Waals surface area (Å²) < 4.78 is 2.42. The number of halogens is 2. The van der Waals surface area contributed by atoms with Crippen LogP contribution in [-0.4, -0.2) is 22.6 Å². The molecule has 1 saturated heterocycles. The van der Waals surface area contributed by atoms with Crippen LogP contribution in [-0.2, 0) is 6.54 Å². The van der Waals surface area contributed by atoms with Gasteiger partial charge in [0.1, 0.15) is 5.82 Å². The average Bonchev–Trinajstić information content (AvgIpc) is 2.73. The summed E-state index contributed by atoms with van der Waals surface area (Å²) >= 11 is 0. The molecular formula is C13H23Cl2N3. The van der Waals surface area contributed by atoms with Crippen molar-refractivity contribution >= 4 is 24.8 Å². The Hall–Kier alpha value is -0.250. The molecule has 0 unspecified atom stereocenters. The molecule has 0 spiro atoms. The number of hydrogen-bond acceptors (Lipinski definition) is 2. The van der Waals surface area contributed by atoms with E-state index in [-0.39, 0.29) is 24.8 Å². The third-order valence-electron chi connectivity index (χ3n) is 4.13. The zero-order valence-corrected chi connectivity index (χ0v) is 12.3. The molecule has 0 aromatic carbocycles. The molecular weight excluding hydrogens is 269 g/mol. The van der Waals surface area contributed by atoms with Crippen molar-refractivity contribution in [3.8, 4) is 0 Å². The highest BCUT2D eigenvalue weighted by Crippen LogP contribution is 2.30. The molecule has 1 aliphatic heterocycles. The summed E-state index contributed by atoms with van der Waals surface area (Å²) in [6.45, 7) is 3.52. The maximum absolute atomic E-state index is 4.59. The van der Waals surface area contributed by atoms with Gasteiger partial charge in [-0.1, -0.05) is 6.42 Å². The SMILES string of the molecule is Cl.Cl.c1cn(CC2CCC2)c(C2CCNCC2)n1. The van der Waals surface area contributed by atoms with Crippen LogP contribution in [0.1, 0.15) is 43.8 Å². The molecule has 2 aliphatic rings. The van der Waals surface area contributed by atoms with Crippen LogP contribution < -0.4 is 5.32 Å². The zero-order valence-electron chi connectivity index (χ0n) is 10.7. The molecule has 3 rings (SSSR count). The third kappa shape index (κ3) is 3.40. The largest absolute Gasteiger partial charge is 0.334 e. The van der Waals surface area contributed by atoms with Gasteiger partial charge in [0.25, 0.3) is 0 Å². The van der Waals surface area contributed by atoms with E-state index < -0.39 is 0 Å². The highest BCUT2D eigenvalue weighted by Gasteiger charge is 2.23. The Morgan fingerprint density at radius 2 is 1.89 bits per heavy atom. The van der Waals surface area contributed by atoms with E-state index >= 15 is 0 Å². The van der Waals surface area contributed by atoms with E-state index in [4.69, 9.17) is 0 Å². The fraction of sp³-hybridized carbons (Fsp3) is 0.769. The molecule has 0 amide bonds. The Morgan fingerprint density at radius 3 is 2.50 bits per heavy atom. The standard InChI is InChI=1S/C13H21N3.2ClH/c1-2-11(3-1)10-16-9-8-15-13(16)12-4-6-14-7-5-12;;/h8-9,11-12,14H,1-7,10H2;2*1H. The summed E-state index contributed by atoms with van der Waals surface area (Å²) in [6, 6.07) is 0. The monoisotopic (exact) mass is 291 g/mol. The molecule has 3 nitrogen and oxygen atoms in total. The van der Waals surface area contributed by atoms with Gasteiger partial charge in [-0.05, 0) is 44.7 Å². The number of nitrogens with one attached hydrogen (secondary N) is 1. The second kappa shape index (κ2) is 7.37. The minimum atomic E-state index is 0. The van der Waals surface area contributed by atoms with E-state index in [1.54, 1.807) is 0 Å². The summed E-state index contributed by atoms with van der Waals surface area (Å²) in [5, 5.41) is 3.42. The van der Waals surface area contributed by atoms with Crippen molar-refractivity contribution in [2.75, 3.05) is 13.1 Å². The van der Waals surface area contributed by atoms with Gasteiger partial charge in [0.15, 0.2) is 0 Å². The van der Waals surface area contributed by atoms with E-state index in [1.807, 2.05) is 6.20 Å². The molecule has 0 bridgehead atoms. The molecule has 1 aromatic heterocycles. The van der Waals surface area contributed by atoms with Gasteiger partial charge in [0.2, 0.25) is 0 Å². The number of aromatic nitrogens is 2. The van der Waals surface area contributed by atoms with E-state index in [0.717, 1.165) is 19.0 Å². The fourth-order valence-electron chi connectivity index (χ4n) is 2.87. The molecule has 1 saturated carbocycles. The fourth-order valence-corrected chi connectivity index (χ4v) is 2.87. The lowest BCUT2D eigenvalue weighted by Gasteiger charge is -2.28. The van der Waals surface area contributed by atoms with Crippen LogP contribution in [0.25, 0.3) is 0 Å². The van der Waals surface area contributed by atoms with Gasteiger partial charge in [-0.3, -0.25) is 0 Å². The highest BCUT2D eigenvalue weighted by molar-refractivity contribution is 5.85. The molecule has 0 atom stereocenters. The first-order chi connectivity index (χ1) is 7.93. The smallest absolute Gasteiger partial charge is 0.111 e. The number of imidazole rings is 1. The Balaban J connectivity index is 0.000000810. The summed E-state index contributed by atoms with van der Waals surface area (Å²) in [6.07, 6.45) is 10.9. The molecule has 1 aromatic rings. The molecule has 18 heavy (non-hydrogen) atoms. The Morgan fingerprint density at radius 1 is 1.17 bits per heavy atom. The van der Waals surface area contributed by atoms with Gasteiger partial charge in [-0.25, -0.2) is 4.98 Å². The number of hydrogen-bond donors (Lipinski definition) is 1. The van der Waals surface area contributed by atoms with E-state index in [9.17, 15) is 0 Å². The number of nitrogens with zero attached hydrogens (tertiary/aromatic N) is 2. The normalized spacial score (nSPS) is 20.7. The third-order valence-corrected chi connectivity index (χ3v) is 4.13. The quantitative estimate of drug-likeness (QED) is 0.928. The van der Waals surface area contributed by atoms with Gasteiger partial charge in [0.05, 0.1) is 0 Å². The Kier molecular flexibility index (Phi) is 6.47. The summed E-state index contributed by atoms with van der Waals surface area (Å²) in [5.74, 6) is 2.96. The molecule has 2 heterocycles. The first-order valence-corrected chi connectivity index (χ1v) is 6.65. The number of piperidine rings is 1. The van der Waals surface area contributed by atoms with Crippen LogP contribution in [0, 0.1) is 5.92 Å². The van der Waals surface area contributed by atoms with Crippen molar-refractivity contribution in [1.29, 1.82) is 0 Å². The first-order valence-electron chi connectivity index (χ1n) is 6.65. The van der Waals surface area contributed by atoms with E-state index in [1.165, 1.54) is 44.5 Å². The molecule has 1 aliphatic carbocycles. The lowest BCUT2D eigenvalue weighted by Crippen LogP contribution is -2.29. The first kappa shape index (κ1) is 15.8. The van der Waals surface area contributed by atoms with E-state index in [0.29, 0.717) is 5.92 Å². The van der Waals surface area contributed by atoms with Crippen LogP contribution in [0.15, 0.2) is 12.4 Å². The van der Waals surface area contributed by atoms with Crippen molar-refractivity contribution in [3.05, 3.63) is 18.2 Å². The summed E-state index contributed by atoms with van der Waals surface area (Å²) in [4.78, 5) is 4.59. The summed E-state index contributed by atoms with van der Waals surface area (Å²) in [7, 11) is 0. The minimum absolute atomic E-state index is 0. The number of rotatable bonds is 3. The van der Waals surface area contributed by atoms with Crippen molar-refractivity contribution in [2.45, 2.75) is 44.6 Å². The van der Waals surface area contributed by atoms with Gasteiger partial charge in [-0.15, -0.1) is 24.8 Å². The predicted molar refractivity (Wildman–Crippen MR) is 78.9 cm³/mol. The van der Waals surface area contributed by atoms with Crippen LogP contribution in [0.3, 0.4) is 0 Å². The molecule has 2 fully saturated rings. The van der Waals surface area contributed by atoms with Crippen molar-refractivity contribution < 1.29 is 0 Å². The lowest BCUT2D eigenvalue weighted by molar-refractivity contribution is 0.269. The average molecular weight is 292 g/mol. The molecule has 104 valence electrons. The second-order valence-electron chi connectivity index (χ2n) is 5.26. The van der Waals surface area contributed by atoms with Crippen molar-refractivity contribution in [1.82, 2.24) is 14.9 Å². The van der Waals surface area contributed by atoms with Gasteiger partial charge in [-0.2, -0.15) is 0 Å². The zero-order chi connectivity index (χ0) is 10.8. The molecule has 1 N–H and O–H groups in total. The van der Waals surface area contributed by atoms with Gasteiger partial charge >= 0.3 is 0 Å².